The zero-order valence-electron chi connectivity index (χ0n) is 12.7. The quantitative estimate of drug-likeness (QED) is 0.912. The van der Waals surface area contributed by atoms with Crippen molar-refractivity contribution < 1.29 is 4.79 Å². The van der Waals surface area contributed by atoms with Gasteiger partial charge in [-0.25, -0.2) is 0 Å². The minimum Gasteiger partial charge on any atom is -0.331 e. The Balaban J connectivity index is 2.16. The lowest BCUT2D eigenvalue weighted by atomic mass is 9.86. The summed E-state index contributed by atoms with van der Waals surface area (Å²) >= 11 is 3.34. The highest BCUT2D eigenvalue weighted by molar-refractivity contribution is 7.10. The molecule has 0 unspecified atom stereocenters. The summed E-state index contributed by atoms with van der Waals surface area (Å²) in [4.78, 5) is 17.0. The highest BCUT2D eigenvalue weighted by Crippen LogP contribution is 2.23. The Labute approximate surface area is 134 Å². The number of hydrogen-bond acceptors (Lipinski definition) is 4. The molecule has 0 bridgehead atoms. The molecule has 0 radical (unpaired) electrons. The maximum atomic E-state index is 12.8. The molecule has 2 aromatic rings. The van der Waals surface area contributed by atoms with E-state index >= 15 is 0 Å². The van der Waals surface area contributed by atoms with Crippen LogP contribution in [0.1, 0.15) is 30.5 Å². The molecule has 0 aromatic carbocycles. The van der Waals surface area contributed by atoms with E-state index in [0.29, 0.717) is 13.1 Å². The maximum absolute atomic E-state index is 12.8. The molecule has 1 amide bonds. The predicted octanol–water partition coefficient (Wildman–Crippen LogP) is 3.71. The fourth-order valence-corrected chi connectivity index (χ4v) is 3.40. The van der Waals surface area contributed by atoms with Gasteiger partial charge in [0.1, 0.15) is 0 Å². The molecule has 0 saturated carbocycles. The Morgan fingerprint density at radius 1 is 1.14 bits per heavy atom. The van der Waals surface area contributed by atoms with Crippen molar-refractivity contribution >= 4 is 28.6 Å². The number of carbonyl (C=O) groups is 1. The van der Waals surface area contributed by atoms with Gasteiger partial charge in [0, 0.05) is 9.75 Å². The van der Waals surface area contributed by atoms with Gasteiger partial charge in [0.15, 0.2) is 0 Å². The normalized spacial score (nSPS) is 13.1. The van der Waals surface area contributed by atoms with Crippen LogP contribution >= 0.6 is 22.7 Å². The van der Waals surface area contributed by atoms with Crippen molar-refractivity contribution in [3.63, 3.8) is 0 Å². The molecule has 0 aliphatic carbocycles. The maximum Gasteiger partial charge on any atom is 0.240 e. The topological polar surface area (TPSA) is 46.3 Å². The van der Waals surface area contributed by atoms with E-state index in [0.717, 1.165) is 0 Å². The standard InChI is InChI=1S/C16H22N2OS2/c1-16(2,3)14(17)15(19)18(10-12-6-4-8-20-12)11-13-7-5-9-21-13/h4-9,14H,10-11,17H2,1-3H3/t14-/m0/s1. The van der Waals surface area contributed by atoms with Crippen LogP contribution in [0.5, 0.6) is 0 Å². The van der Waals surface area contributed by atoms with Crippen LogP contribution < -0.4 is 5.73 Å². The lowest BCUT2D eigenvalue weighted by Gasteiger charge is -2.31. The second kappa shape index (κ2) is 6.73. The van der Waals surface area contributed by atoms with Crippen molar-refractivity contribution in [3.05, 3.63) is 44.8 Å². The van der Waals surface area contributed by atoms with E-state index in [1.54, 1.807) is 22.7 Å². The first-order valence-corrected chi connectivity index (χ1v) is 8.73. The largest absolute Gasteiger partial charge is 0.331 e. The van der Waals surface area contributed by atoms with E-state index in [-0.39, 0.29) is 11.3 Å². The van der Waals surface area contributed by atoms with Crippen molar-refractivity contribution in [2.75, 3.05) is 0 Å². The first kappa shape index (κ1) is 16.2. The molecule has 0 saturated heterocycles. The lowest BCUT2D eigenvalue weighted by Crippen LogP contribution is -2.49. The average molecular weight is 322 g/mol. The number of carbonyl (C=O) groups excluding carboxylic acids is 1. The third kappa shape index (κ3) is 4.40. The predicted molar refractivity (Wildman–Crippen MR) is 90.3 cm³/mol. The van der Waals surface area contributed by atoms with Crippen molar-refractivity contribution in [2.24, 2.45) is 11.1 Å². The summed E-state index contributed by atoms with van der Waals surface area (Å²) in [5.41, 5.74) is 5.93. The lowest BCUT2D eigenvalue weighted by molar-refractivity contribution is -0.136. The van der Waals surface area contributed by atoms with Crippen LogP contribution in [0.3, 0.4) is 0 Å². The van der Waals surface area contributed by atoms with E-state index in [1.807, 2.05) is 48.6 Å². The molecule has 0 aliphatic heterocycles. The number of thiophene rings is 2. The Hall–Kier alpha value is -1.17. The third-order valence-corrected chi connectivity index (χ3v) is 5.09. The molecule has 1 atom stereocenters. The Bertz CT molecular complexity index is 519. The van der Waals surface area contributed by atoms with Crippen LogP contribution in [-0.4, -0.2) is 16.8 Å². The van der Waals surface area contributed by atoms with Crippen molar-refractivity contribution in [1.29, 1.82) is 0 Å². The third-order valence-electron chi connectivity index (χ3n) is 3.36. The molecule has 3 nitrogen and oxygen atoms in total. The summed E-state index contributed by atoms with van der Waals surface area (Å²) in [7, 11) is 0. The van der Waals surface area contributed by atoms with Crippen LogP contribution in [-0.2, 0) is 17.9 Å². The molecule has 5 heteroatoms. The monoisotopic (exact) mass is 322 g/mol. The van der Waals surface area contributed by atoms with Gasteiger partial charge in [-0.1, -0.05) is 32.9 Å². The molecule has 0 spiro atoms. The van der Waals surface area contributed by atoms with Crippen molar-refractivity contribution in [3.8, 4) is 0 Å². The van der Waals surface area contributed by atoms with Gasteiger partial charge in [0.2, 0.25) is 5.91 Å². The fourth-order valence-electron chi connectivity index (χ4n) is 1.96. The van der Waals surface area contributed by atoms with E-state index in [2.05, 4.69) is 12.1 Å². The molecule has 0 aliphatic rings. The van der Waals surface area contributed by atoms with E-state index in [4.69, 9.17) is 5.73 Å². The minimum atomic E-state index is -0.488. The van der Waals surface area contributed by atoms with Crippen molar-refractivity contribution in [1.82, 2.24) is 4.90 Å². The van der Waals surface area contributed by atoms with Crippen LogP contribution in [0.2, 0.25) is 0 Å². The number of nitrogens with two attached hydrogens (primary N) is 1. The van der Waals surface area contributed by atoms with Crippen LogP contribution in [0, 0.1) is 5.41 Å². The SMILES string of the molecule is CC(C)(C)[C@@H](N)C(=O)N(Cc1cccs1)Cc1cccs1. The van der Waals surface area contributed by atoms with Crippen LogP contribution in [0.15, 0.2) is 35.0 Å². The van der Waals surface area contributed by atoms with Gasteiger partial charge < -0.3 is 10.6 Å². The highest BCUT2D eigenvalue weighted by Gasteiger charge is 2.31. The zero-order chi connectivity index (χ0) is 15.5. The number of nitrogens with zero attached hydrogens (tertiary/aromatic N) is 1. The highest BCUT2D eigenvalue weighted by atomic mass is 32.1. The number of rotatable bonds is 5. The van der Waals surface area contributed by atoms with Gasteiger partial charge >= 0.3 is 0 Å². The van der Waals surface area contributed by atoms with Gasteiger partial charge in [-0.05, 0) is 28.3 Å². The van der Waals surface area contributed by atoms with E-state index in [9.17, 15) is 4.79 Å². The fraction of sp³-hybridized carbons (Fsp3) is 0.438. The molecule has 2 heterocycles. The zero-order valence-corrected chi connectivity index (χ0v) is 14.3. The average Bonchev–Trinajstić information content (AvgIpc) is 3.08. The number of amides is 1. The molecule has 2 N–H and O–H groups in total. The summed E-state index contributed by atoms with van der Waals surface area (Å²) in [5, 5.41) is 4.07. The second-order valence-corrected chi connectivity index (χ2v) is 8.26. The smallest absolute Gasteiger partial charge is 0.240 e. The summed E-state index contributed by atoms with van der Waals surface area (Å²) in [5.74, 6) is 0.0179. The van der Waals surface area contributed by atoms with Gasteiger partial charge in [-0.3, -0.25) is 4.79 Å². The molecule has 0 fully saturated rings. The van der Waals surface area contributed by atoms with Crippen LogP contribution in [0.4, 0.5) is 0 Å². The molecule has 2 rings (SSSR count). The summed E-state index contributed by atoms with van der Waals surface area (Å²) in [6.45, 7) is 7.26. The molecule has 114 valence electrons. The van der Waals surface area contributed by atoms with Crippen molar-refractivity contribution in [2.45, 2.75) is 39.9 Å². The van der Waals surface area contributed by atoms with Gasteiger partial charge in [-0.15, -0.1) is 22.7 Å². The minimum absolute atomic E-state index is 0.0179. The van der Waals surface area contributed by atoms with E-state index in [1.165, 1.54) is 9.75 Å². The van der Waals surface area contributed by atoms with Gasteiger partial charge in [0.05, 0.1) is 19.1 Å². The van der Waals surface area contributed by atoms with Crippen LogP contribution in [0.25, 0.3) is 0 Å². The first-order valence-electron chi connectivity index (χ1n) is 6.97. The Kier molecular flexibility index (Phi) is 5.19. The second-order valence-electron chi connectivity index (χ2n) is 6.20. The molecular formula is C16H22N2OS2. The molecule has 2 aromatic heterocycles. The summed E-state index contributed by atoms with van der Waals surface area (Å²) < 4.78 is 0. The Morgan fingerprint density at radius 2 is 1.62 bits per heavy atom. The summed E-state index contributed by atoms with van der Waals surface area (Å²) in [6, 6.07) is 7.65. The molecular weight excluding hydrogens is 300 g/mol. The van der Waals surface area contributed by atoms with Gasteiger partial charge in [0.25, 0.3) is 0 Å². The van der Waals surface area contributed by atoms with E-state index < -0.39 is 6.04 Å². The number of hydrogen-bond donors (Lipinski definition) is 1. The van der Waals surface area contributed by atoms with Gasteiger partial charge in [-0.2, -0.15) is 0 Å². The first-order chi connectivity index (χ1) is 9.88. The Morgan fingerprint density at radius 3 is 1.95 bits per heavy atom. The molecule has 21 heavy (non-hydrogen) atoms. The summed E-state index contributed by atoms with van der Waals surface area (Å²) in [6.07, 6.45) is 0.